The van der Waals surface area contributed by atoms with E-state index in [9.17, 15) is 14.4 Å². The van der Waals surface area contributed by atoms with Gasteiger partial charge in [0, 0.05) is 28.2 Å². The molecule has 0 spiro atoms. The third kappa shape index (κ3) is 6.57. The molecule has 1 aliphatic carbocycles. The Morgan fingerprint density at radius 2 is 1.73 bits per heavy atom. The zero-order valence-electron chi connectivity index (χ0n) is 25.8. The summed E-state index contributed by atoms with van der Waals surface area (Å²) < 4.78 is 5.46. The van der Waals surface area contributed by atoms with E-state index in [4.69, 9.17) is 4.74 Å². The molecular weight excluding hydrogens is 790 g/mol. The Hall–Kier alpha value is -3.90. The summed E-state index contributed by atoms with van der Waals surface area (Å²) in [5.41, 5.74) is 7.81. The van der Waals surface area contributed by atoms with Crippen molar-refractivity contribution in [1.82, 2.24) is 15.6 Å². The summed E-state index contributed by atoms with van der Waals surface area (Å²) >= 11 is 0. The number of nitrogens with one attached hydrogen (secondary N) is 4. The third-order valence-electron chi connectivity index (χ3n) is 8.39. The quantitative estimate of drug-likeness (QED) is 0.130. The molecule has 3 aromatic carbocycles. The first-order valence-corrected chi connectivity index (χ1v) is 14.3. The van der Waals surface area contributed by atoms with E-state index in [-0.39, 0.29) is 74.4 Å². The van der Waals surface area contributed by atoms with Crippen LogP contribution in [0.2, 0.25) is 0 Å². The Balaban J connectivity index is 0.00000230. The average molecular weight is 827 g/mol. The number of aromatic amines is 1. The number of aryl methyl sites for hydroxylation is 1. The monoisotopic (exact) mass is 826 g/mol. The van der Waals surface area contributed by atoms with Crippen LogP contribution in [0.4, 0.5) is 5.69 Å². The van der Waals surface area contributed by atoms with Crippen LogP contribution in [0.3, 0.4) is 0 Å². The van der Waals surface area contributed by atoms with Crippen molar-refractivity contribution < 1.29 is 50.2 Å². The number of fused-ring (bicyclic) bond motifs is 2. The molecule has 4 N–H and O–H groups in total. The van der Waals surface area contributed by atoms with Crippen molar-refractivity contribution in [3.63, 3.8) is 0 Å². The number of hydrogen-bond acceptors (Lipinski definition) is 4. The minimum absolute atomic E-state index is 0. The van der Waals surface area contributed by atoms with Gasteiger partial charge in [-0.15, -0.1) is 0 Å². The van der Waals surface area contributed by atoms with Crippen LogP contribution >= 0.6 is 0 Å². The van der Waals surface area contributed by atoms with Crippen LogP contribution in [-0.4, -0.2) is 28.8 Å². The average Bonchev–Trinajstić information content (AvgIpc) is 3.62. The second kappa shape index (κ2) is 14.0. The van der Waals surface area contributed by atoms with E-state index in [2.05, 4.69) is 28.0 Å². The number of amides is 3. The molecule has 0 fully saturated rings. The van der Waals surface area contributed by atoms with E-state index in [1.54, 1.807) is 24.3 Å². The molecule has 0 saturated carbocycles. The van der Waals surface area contributed by atoms with Crippen LogP contribution in [0.5, 0.6) is 0 Å². The van der Waals surface area contributed by atoms with Crippen molar-refractivity contribution >= 4 is 35.1 Å². The number of rotatable bonds is 7. The molecule has 45 heavy (non-hydrogen) atoms. The normalized spacial score (nSPS) is 17.8. The van der Waals surface area contributed by atoms with Gasteiger partial charge in [-0.05, 0) is 73.7 Å². The molecule has 3 atom stereocenters. The van der Waals surface area contributed by atoms with E-state index in [1.165, 1.54) is 0 Å². The largest absolute Gasteiger partial charge is 2.00 e. The number of ether oxygens (including phenoxy) is 1. The molecule has 2 aliphatic rings. The topological polar surface area (TPSA) is 112 Å². The SMILES string of the molecule is [CH2-]O[C@@H]1Cc2ccccc2[C@H]1NC(=O)c1c(C)[nH]c(/C=C2\C(=O)Nc3ccc(C(=O)N[C@H](C)c4ccccc4)cc32)c1C.[CH3-].[U+2]. The minimum Gasteiger partial charge on any atom is -0.551 e. The molecule has 0 unspecified atom stereocenters. The summed E-state index contributed by atoms with van der Waals surface area (Å²) in [5.74, 6) is -0.745. The van der Waals surface area contributed by atoms with Crippen molar-refractivity contribution in [3.05, 3.63) is 138 Å². The Labute approximate surface area is 287 Å². The zero-order valence-corrected chi connectivity index (χ0v) is 29.9. The Morgan fingerprint density at radius 3 is 2.47 bits per heavy atom. The number of anilines is 1. The smallest absolute Gasteiger partial charge is 0.551 e. The third-order valence-corrected chi connectivity index (χ3v) is 8.39. The van der Waals surface area contributed by atoms with Crippen LogP contribution in [0, 0.1) is 59.5 Å². The van der Waals surface area contributed by atoms with Crippen LogP contribution in [0.1, 0.15) is 78.9 Å². The molecule has 0 bridgehead atoms. The second-order valence-corrected chi connectivity index (χ2v) is 11.1. The molecule has 9 heteroatoms. The van der Waals surface area contributed by atoms with Crippen molar-refractivity contribution in [2.24, 2.45) is 0 Å². The molecule has 0 saturated heterocycles. The zero-order chi connectivity index (χ0) is 30.2. The molecule has 1 aromatic heterocycles. The van der Waals surface area contributed by atoms with E-state index < -0.39 is 0 Å². The summed E-state index contributed by atoms with van der Waals surface area (Å²) in [4.78, 5) is 43.0. The Kier molecular flexibility index (Phi) is 10.6. The molecule has 0 radical (unpaired) electrons. The van der Waals surface area contributed by atoms with Gasteiger partial charge in [-0.1, -0.05) is 54.6 Å². The number of H-pyrrole nitrogens is 1. The number of carbonyl (C=O) groups excluding carboxylic acids is 3. The summed E-state index contributed by atoms with van der Waals surface area (Å²) in [5, 5.41) is 9.05. The molecular formula is C36H36N4O4U. The Morgan fingerprint density at radius 1 is 1.02 bits per heavy atom. The molecule has 228 valence electrons. The predicted molar refractivity (Wildman–Crippen MR) is 173 cm³/mol. The maximum absolute atomic E-state index is 13.6. The number of aromatic nitrogens is 1. The fourth-order valence-electron chi connectivity index (χ4n) is 6.08. The fraction of sp³-hybridized carbons (Fsp3) is 0.194. The van der Waals surface area contributed by atoms with Crippen LogP contribution in [0.15, 0.2) is 72.8 Å². The summed E-state index contributed by atoms with van der Waals surface area (Å²) in [6.45, 7) is 5.62. The first kappa shape index (κ1) is 34.0. The maximum Gasteiger partial charge on any atom is 2.00 e. The summed E-state index contributed by atoms with van der Waals surface area (Å²) in [7, 11) is 3.62. The first-order valence-electron chi connectivity index (χ1n) is 14.3. The standard InChI is InChI=1S/C35H33N4O4.CH3.U/c1-19-29(36-21(3)31(19)35(42)39-32-25-13-9-8-12-23(25)17-30(32)43-4)18-27-26-16-24(14-15-28(26)38-34(27)41)33(40)37-20(2)22-10-6-5-7-11-22;;/h5-16,18,20,30,32,36H,4,17H2,1-3H3,(H,37,40)(H,38,41)(H,39,42);1H3;/q2*-1;+2/b27-18-;;/t20-,30-,32-;;/m1../s1. The molecule has 4 aromatic rings. The van der Waals surface area contributed by atoms with Crippen molar-refractivity contribution in [1.29, 1.82) is 0 Å². The van der Waals surface area contributed by atoms with E-state index in [0.29, 0.717) is 51.3 Å². The molecule has 1 aliphatic heterocycles. The number of benzene rings is 3. The second-order valence-electron chi connectivity index (χ2n) is 11.1. The molecule has 2 heterocycles. The molecule has 8 nitrogen and oxygen atoms in total. The maximum atomic E-state index is 13.6. The van der Waals surface area contributed by atoms with Crippen LogP contribution in [-0.2, 0) is 16.0 Å². The van der Waals surface area contributed by atoms with E-state index >= 15 is 0 Å². The van der Waals surface area contributed by atoms with Crippen molar-refractivity contribution in [3.8, 4) is 0 Å². The van der Waals surface area contributed by atoms with Gasteiger partial charge in [0.1, 0.15) is 0 Å². The van der Waals surface area contributed by atoms with Crippen LogP contribution < -0.4 is 16.0 Å². The fourth-order valence-corrected chi connectivity index (χ4v) is 6.08. The van der Waals surface area contributed by atoms with Crippen LogP contribution in [0.25, 0.3) is 11.6 Å². The van der Waals surface area contributed by atoms with Crippen molar-refractivity contribution in [2.45, 2.75) is 45.4 Å². The van der Waals surface area contributed by atoms with Gasteiger partial charge >= 0.3 is 31.1 Å². The van der Waals surface area contributed by atoms with Gasteiger partial charge in [-0.2, -0.15) is 0 Å². The minimum atomic E-state index is -0.321. The number of hydrogen-bond donors (Lipinski definition) is 4. The first-order chi connectivity index (χ1) is 20.7. The summed E-state index contributed by atoms with van der Waals surface area (Å²) in [6.07, 6.45) is 2.15. The molecule has 3 amide bonds. The van der Waals surface area contributed by atoms with E-state index in [0.717, 1.165) is 16.7 Å². The summed E-state index contributed by atoms with van der Waals surface area (Å²) in [6, 6.07) is 22.3. The van der Waals surface area contributed by atoms with Gasteiger partial charge in [0.15, 0.2) is 0 Å². The van der Waals surface area contributed by atoms with Gasteiger partial charge in [0.05, 0.1) is 29.3 Å². The van der Waals surface area contributed by atoms with Gasteiger partial charge in [-0.25, -0.2) is 7.11 Å². The number of carbonyl (C=O) groups is 3. The van der Waals surface area contributed by atoms with Gasteiger partial charge < -0.3 is 33.1 Å². The van der Waals surface area contributed by atoms with Gasteiger partial charge in [-0.3, -0.25) is 14.4 Å². The van der Waals surface area contributed by atoms with Gasteiger partial charge in [0.2, 0.25) is 0 Å². The van der Waals surface area contributed by atoms with Gasteiger partial charge in [0.25, 0.3) is 17.7 Å². The predicted octanol–water partition coefficient (Wildman–Crippen LogP) is 6.27. The van der Waals surface area contributed by atoms with E-state index in [1.807, 2.05) is 75.4 Å². The Bertz CT molecular complexity index is 1780. The molecule has 6 rings (SSSR count). The van der Waals surface area contributed by atoms with Crippen molar-refractivity contribution in [2.75, 3.05) is 5.32 Å².